The first-order chi connectivity index (χ1) is 11.4. The number of rotatable bonds is 2. The van der Waals surface area contributed by atoms with Gasteiger partial charge >= 0.3 is 6.18 Å². The van der Waals surface area contributed by atoms with Crippen molar-refractivity contribution in [3.63, 3.8) is 0 Å². The van der Waals surface area contributed by atoms with Gasteiger partial charge in [-0.3, -0.25) is 4.79 Å². The second-order valence-corrected chi connectivity index (χ2v) is 5.89. The zero-order valence-electron chi connectivity index (χ0n) is 13.0. The van der Waals surface area contributed by atoms with Gasteiger partial charge in [0.2, 0.25) is 5.91 Å². The van der Waals surface area contributed by atoms with Gasteiger partial charge in [-0.05, 0) is 24.1 Å². The topological polar surface area (TPSA) is 29.1 Å². The first-order valence-corrected chi connectivity index (χ1v) is 7.57. The lowest BCUT2D eigenvalue weighted by Crippen LogP contribution is -2.41. The molecule has 0 aromatic heterocycles. The van der Waals surface area contributed by atoms with Gasteiger partial charge in [-0.1, -0.05) is 60.2 Å². The lowest BCUT2D eigenvalue weighted by Gasteiger charge is -2.31. The first kappa shape index (κ1) is 16.3. The van der Waals surface area contributed by atoms with Gasteiger partial charge in [0.05, 0.1) is 5.92 Å². The van der Waals surface area contributed by atoms with Crippen LogP contribution in [0.4, 0.5) is 13.2 Å². The minimum absolute atomic E-state index is 0.637. The minimum Gasteiger partial charge on any atom is -0.322 e. The Kier molecular flexibility index (Phi) is 4.18. The van der Waals surface area contributed by atoms with Crippen molar-refractivity contribution in [2.45, 2.75) is 24.9 Å². The van der Waals surface area contributed by atoms with Gasteiger partial charge in [-0.25, -0.2) is 0 Å². The minimum atomic E-state index is -4.58. The van der Waals surface area contributed by atoms with E-state index in [2.05, 4.69) is 0 Å². The lowest BCUT2D eigenvalue weighted by molar-refractivity contribution is -0.129. The fourth-order valence-corrected chi connectivity index (χ4v) is 2.95. The Bertz CT molecular complexity index is 763. The molecule has 24 heavy (non-hydrogen) atoms. The van der Waals surface area contributed by atoms with Crippen molar-refractivity contribution in [2.75, 3.05) is 0 Å². The molecule has 5 heteroatoms. The van der Waals surface area contributed by atoms with Gasteiger partial charge in [-0.2, -0.15) is 13.2 Å². The van der Waals surface area contributed by atoms with Crippen LogP contribution in [0.5, 0.6) is 0 Å². The molecule has 0 radical (unpaired) electrons. The Morgan fingerprint density at radius 1 is 0.917 bits per heavy atom. The number of alkyl halides is 3. The number of aryl methyl sites for hydroxylation is 1. The summed E-state index contributed by atoms with van der Waals surface area (Å²) in [6.07, 6.45) is -3.47. The number of hydrogen-bond donors (Lipinski definition) is 1. The molecule has 0 aliphatic carbocycles. The van der Waals surface area contributed by atoms with Gasteiger partial charge in [0, 0.05) is 5.92 Å². The Hall–Kier alpha value is -2.56. The number of hydrogen-bond acceptors (Lipinski definition) is 1. The molecule has 1 aliphatic heterocycles. The maximum atomic E-state index is 13.1. The molecular formula is C19H16F3NO. The Morgan fingerprint density at radius 3 is 2.12 bits per heavy atom. The van der Waals surface area contributed by atoms with Crippen molar-refractivity contribution in [1.29, 1.82) is 0 Å². The number of carbonyl (C=O) groups excluding carboxylic acids is 1. The highest BCUT2D eigenvalue weighted by Crippen LogP contribution is 2.40. The summed E-state index contributed by atoms with van der Waals surface area (Å²) in [7, 11) is 0. The molecule has 1 heterocycles. The summed E-state index contributed by atoms with van der Waals surface area (Å²) in [6.45, 7) is 1.91. The van der Waals surface area contributed by atoms with E-state index in [0.29, 0.717) is 11.1 Å². The Labute approximate surface area is 138 Å². The summed E-state index contributed by atoms with van der Waals surface area (Å²) in [5.74, 6) is -2.00. The normalized spacial score (nSPS) is 21.2. The molecule has 1 N–H and O–H groups in total. The summed E-state index contributed by atoms with van der Waals surface area (Å²) >= 11 is 0. The highest BCUT2D eigenvalue weighted by atomic mass is 19.4. The van der Waals surface area contributed by atoms with Gasteiger partial charge in [0.25, 0.3) is 0 Å². The van der Waals surface area contributed by atoms with Crippen LogP contribution in [0, 0.1) is 6.92 Å². The maximum absolute atomic E-state index is 13.1. The van der Waals surface area contributed by atoms with Crippen molar-refractivity contribution >= 4 is 5.91 Å². The van der Waals surface area contributed by atoms with Crippen LogP contribution in [0.3, 0.4) is 0 Å². The summed E-state index contributed by atoms with van der Waals surface area (Å²) in [4.78, 5) is 12.5. The second-order valence-electron chi connectivity index (χ2n) is 5.89. The van der Waals surface area contributed by atoms with Crippen LogP contribution in [0.25, 0.3) is 0 Å². The van der Waals surface area contributed by atoms with E-state index in [1.54, 1.807) is 36.4 Å². The molecule has 1 amide bonds. The standard InChI is InChI=1S/C19H16F3NO/c1-12-7-9-13(10-8-12)15-11-16(19(20,21)22)23-18(24)17(15)14-5-3-2-4-6-14/h2-11,15,17H,1H3,(H,23,24)/t15-,17-/m0/s1. The van der Waals surface area contributed by atoms with Crippen LogP contribution < -0.4 is 5.32 Å². The van der Waals surface area contributed by atoms with Gasteiger partial charge in [0.1, 0.15) is 5.70 Å². The van der Waals surface area contributed by atoms with Gasteiger partial charge in [-0.15, -0.1) is 0 Å². The number of amides is 1. The van der Waals surface area contributed by atoms with Crippen molar-refractivity contribution in [3.8, 4) is 0 Å². The second kappa shape index (κ2) is 6.15. The maximum Gasteiger partial charge on any atom is 0.431 e. The molecule has 124 valence electrons. The highest BCUT2D eigenvalue weighted by Gasteiger charge is 2.43. The predicted molar refractivity (Wildman–Crippen MR) is 85.4 cm³/mol. The number of benzene rings is 2. The van der Waals surface area contributed by atoms with Crippen LogP contribution >= 0.6 is 0 Å². The fourth-order valence-electron chi connectivity index (χ4n) is 2.95. The fraction of sp³-hybridized carbons (Fsp3) is 0.211. The van der Waals surface area contributed by atoms with E-state index in [-0.39, 0.29) is 0 Å². The van der Waals surface area contributed by atoms with E-state index < -0.39 is 29.6 Å². The van der Waals surface area contributed by atoms with Crippen LogP contribution in [0.15, 0.2) is 66.4 Å². The summed E-state index contributed by atoms with van der Waals surface area (Å²) < 4.78 is 39.3. The first-order valence-electron chi connectivity index (χ1n) is 7.57. The number of carbonyl (C=O) groups is 1. The highest BCUT2D eigenvalue weighted by molar-refractivity contribution is 5.88. The molecule has 1 aliphatic rings. The van der Waals surface area contributed by atoms with Crippen LogP contribution in [-0.4, -0.2) is 12.1 Å². The third kappa shape index (κ3) is 3.20. The molecule has 2 nitrogen and oxygen atoms in total. The van der Waals surface area contributed by atoms with E-state index in [4.69, 9.17) is 0 Å². The smallest absolute Gasteiger partial charge is 0.322 e. The molecule has 0 bridgehead atoms. The molecule has 0 fully saturated rings. The third-order valence-corrected chi connectivity index (χ3v) is 4.17. The molecule has 3 rings (SSSR count). The van der Waals surface area contributed by atoms with Crippen LogP contribution in [0.1, 0.15) is 28.5 Å². The summed E-state index contributed by atoms with van der Waals surface area (Å²) in [5.41, 5.74) is 1.39. The van der Waals surface area contributed by atoms with Crippen molar-refractivity contribution < 1.29 is 18.0 Å². The summed E-state index contributed by atoms with van der Waals surface area (Å²) in [5, 5.41) is 2.01. The van der Waals surface area contributed by atoms with E-state index in [1.165, 1.54) is 0 Å². The zero-order valence-corrected chi connectivity index (χ0v) is 13.0. The molecule has 0 saturated heterocycles. The molecule has 2 aromatic rings. The number of nitrogens with one attached hydrogen (secondary N) is 1. The monoisotopic (exact) mass is 331 g/mol. The third-order valence-electron chi connectivity index (χ3n) is 4.17. The van der Waals surface area contributed by atoms with E-state index in [9.17, 15) is 18.0 Å². The van der Waals surface area contributed by atoms with Gasteiger partial charge < -0.3 is 5.32 Å². The molecule has 2 atom stereocenters. The SMILES string of the molecule is Cc1ccc([C@@H]2C=C(C(F)(F)F)NC(=O)[C@H]2c2ccccc2)cc1. The molecule has 0 saturated carbocycles. The Balaban J connectivity index is 2.11. The van der Waals surface area contributed by atoms with Crippen molar-refractivity contribution in [2.24, 2.45) is 0 Å². The number of allylic oxidation sites excluding steroid dienone is 2. The van der Waals surface area contributed by atoms with E-state index >= 15 is 0 Å². The summed E-state index contributed by atoms with van der Waals surface area (Å²) in [6, 6.07) is 16.1. The average molecular weight is 331 g/mol. The number of halogens is 3. The largest absolute Gasteiger partial charge is 0.431 e. The van der Waals surface area contributed by atoms with Crippen LogP contribution in [0.2, 0.25) is 0 Å². The van der Waals surface area contributed by atoms with Gasteiger partial charge in [0.15, 0.2) is 0 Å². The van der Waals surface area contributed by atoms with E-state index in [1.807, 2.05) is 30.4 Å². The predicted octanol–water partition coefficient (Wildman–Crippen LogP) is 4.44. The van der Waals surface area contributed by atoms with E-state index in [0.717, 1.165) is 11.6 Å². The zero-order chi connectivity index (χ0) is 17.3. The van der Waals surface area contributed by atoms with Crippen LogP contribution in [-0.2, 0) is 4.79 Å². The lowest BCUT2D eigenvalue weighted by atomic mass is 9.78. The molecule has 2 aromatic carbocycles. The quantitative estimate of drug-likeness (QED) is 0.866. The van der Waals surface area contributed by atoms with Crippen molar-refractivity contribution in [1.82, 2.24) is 5.32 Å². The molecular weight excluding hydrogens is 315 g/mol. The average Bonchev–Trinajstić information content (AvgIpc) is 2.55. The Morgan fingerprint density at radius 2 is 1.54 bits per heavy atom. The van der Waals surface area contributed by atoms with Crippen molar-refractivity contribution in [3.05, 3.63) is 83.1 Å². The molecule has 0 spiro atoms. The molecule has 0 unspecified atom stereocenters.